The van der Waals surface area contributed by atoms with Gasteiger partial charge in [-0.25, -0.2) is 0 Å². The summed E-state index contributed by atoms with van der Waals surface area (Å²) in [5, 5.41) is 3.60. The van der Waals surface area contributed by atoms with E-state index in [0.29, 0.717) is 11.8 Å². The fourth-order valence-electron chi connectivity index (χ4n) is 3.15. The quantitative estimate of drug-likeness (QED) is 0.732. The third-order valence-corrected chi connectivity index (χ3v) is 4.12. The highest BCUT2D eigenvalue weighted by Gasteiger charge is 2.26. The monoisotopic (exact) mass is 237 g/mol. The van der Waals surface area contributed by atoms with E-state index in [4.69, 9.17) is 0 Å². The Balaban J connectivity index is 2.20. The van der Waals surface area contributed by atoms with Gasteiger partial charge in [0.25, 0.3) is 0 Å². The summed E-state index contributed by atoms with van der Waals surface area (Å²) in [5.74, 6) is 1.15. The number of anilines is 2. The van der Waals surface area contributed by atoms with Crippen LogP contribution < -0.4 is 5.32 Å². The minimum absolute atomic E-state index is 0.558. The van der Waals surface area contributed by atoms with Gasteiger partial charge in [-0.1, -0.05) is 50.2 Å². The van der Waals surface area contributed by atoms with Crippen molar-refractivity contribution in [1.82, 2.24) is 0 Å². The number of para-hydroxylation sites is 2. The van der Waals surface area contributed by atoms with Crippen LogP contribution in [0.25, 0.3) is 0 Å². The standard InChI is InChI=1S/C17H19N/c1-3-13-12(2)14-8-4-6-10-16(14)18-17-11-7-5-9-15(13)17/h4-13,18H,3H2,1-2H3. The van der Waals surface area contributed by atoms with Crippen LogP contribution in [0.1, 0.15) is 43.2 Å². The van der Waals surface area contributed by atoms with Crippen molar-refractivity contribution in [2.75, 3.05) is 5.32 Å². The van der Waals surface area contributed by atoms with Crippen molar-refractivity contribution >= 4 is 11.4 Å². The van der Waals surface area contributed by atoms with Crippen LogP contribution in [0.4, 0.5) is 11.4 Å². The van der Waals surface area contributed by atoms with Crippen molar-refractivity contribution in [3.63, 3.8) is 0 Å². The molecule has 1 heteroatoms. The summed E-state index contributed by atoms with van der Waals surface area (Å²) >= 11 is 0. The zero-order chi connectivity index (χ0) is 12.5. The largest absolute Gasteiger partial charge is 0.355 e. The van der Waals surface area contributed by atoms with Gasteiger partial charge in [-0.15, -0.1) is 0 Å². The molecule has 0 amide bonds. The summed E-state index contributed by atoms with van der Waals surface area (Å²) < 4.78 is 0. The first kappa shape index (κ1) is 11.3. The Morgan fingerprint density at radius 3 is 2.11 bits per heavy atom. The summed E-state index contributed by atoms with van der Waals surface area (Å²) in [6, 6.07) is 17.4. The maximum absolute atomic E-state index is 3.60. The van der Waals surface area contributed by atoms with E-state index >= 15 is 0 Å². The minimum atomic E-state index is 0.558. The van der Waals surface area contributed by atoms with Crippen LogP contribution in [0.15, 0.2) is 48.5 Å². The van der Waals surface area contributed by atoms with Crippen LogP contribution in [0.5, 0.6) is 0 Å². The van der Waals surface area contributed by atoms with Crippen molar-refractivity contribution in [2.24, 2.45) is 0 Å². The molecule has 2 aromatic carbocycles. The van der Waals surface area contributed by atoms with Crippen LogP contribution >= 0.6 is 0 Å². The van der Waals surface area contributed by atoms with Crippen LogP contribution in [-0.4, -0.2) is 0 Å². The predicted octanol–water partition coefficient (Wildman–Crippen LogP) is 5.04. The fourth-order valence-corrected chi connectivity index (χ4v) is 3.15. The van der Waals surface area contributed by atoms with Crippen molar-refractivity contribution in [3.8, 4) is 0 Å². The lowest BCUT2D eigenvalue weighted by atomic mass is 9.81. The highest BCUT2D eigenvalue weighted by molar-refractivity contribution is 5.70. The molecular weight excluding hydrogens is 218 g/mol. The molecule has 0 saturated carbocycles. The maximum atomic E-state index is 3.60. The molecule has 3 rings (SSSR count). The molecular formula is C17H19N. The van der Waals surface area contributed by atoms with Gasteiger partial charge in [-0.3, -0.25) is 0 Å². The first-order valence-corrected chi connectivity index (χ1v) is 6.76. The van der Waals surface area contributed by atoms with Gasteiger partial charge in [0.2, 0.25) is 0 Å². The van der Waals surface area contributed by atoms with E-state index in [9.17, 15) is 0 Å². The number of hydrogen-bond acceptors (Lipinski definition) is 1. The van der Waals surface area contributed by atoms with Crippen molar-refractivity contribution < 1.29 is 0 Å². The second-order valence-corrected chi connectivity index (χ2v) is 5.10. The molecule has 0 spiro atoms. The van der Waals surface area contributed by atoms with E-state index in [1.54, 1.807) is 0 Å². The van der Waals surface area contributed by atoms with Gasteiger partial charge in [-0.05, 0) is 41.5 Å². The Bertz CT molecular complexity index is 559. The summed E-state index contributed by atoms with van der Waals surface area (Å²) in [4.78, 5) is 0. The van der Waals surface area contributed by atoms with Crippen LogP contribution in [-0.2, 0) is 0 Å². The molecule has 2 unspecified atom stereocenters. The molecule has 2 atom stereocenters. The van der Waals surface area contributed by atoms with E-state index in [-0.39, 0.29) is 0 Å². The average molecular weight is 237 g/mol. The molecule has 0 saturated heterocycles. The van der Waals surface area contributed by atoms with Crippen molar-refractivity contribution in [3.05, 3.63) is 59.7 Å². The Hall–Kier alpha value is -1.76. The molecule has 1 N–H and O–H groups in total. The molecule has 1 heterocycles. The van der Waals surface area contributed by atoms with Crippen LogP contribution in [0, 0.1) is 0 Å². The molecule has 0 radical (unpaired) electrons. The number of fused-ring (bicyclic) bond motifs is 2. The zero-order valence-electron chi connectivity index (χ0n) is 11.0. The Labute approximate surface area is 109 Å². The first-order chi connectivity index (χ1) is 8.81. The van der Waals surface area contributed by atoms with Crippen LogP contribution in [0.2, 0.25) is 0 Å². The fraction of sp³-hybridized carbons (Fsp3) is 0.294. The van der Waals surface area contributed by atoms with E-state index in [0.717, 1.165) is 0 Å². The third-order valence-electron chi connectivity index (χ3n) is 4.12. The molecule has 0 aliphatic carbocycles. The van der Waals surface area contributed by atoms with Crippen LogP contribution in [0.3, 0.4) is 0 Å². The second-order valence-electron chi connectivity index (χ2n) is 5.10. The molecule has 1 nitrogen and oxygen atoms in total. The lowest BCUT2D eigenvalue weighted by molar-refractivity contribution is 0.565. The normalized spacial score (nSPS) is 21.4. The second kappa shape index (κ2) is 4.49. The SMILES string of the molecule is CCC1c2ccccc2Nc2ccccc2C1C. The highest BCUT2D eigenvalue weighted by Crippen LogP contribution is 2.44. The van der Waals surface area contributed by atoms with Gasteiger partial charge in [0, 0.05) is 11.4 Å². The van der Waals surface area contributed by atoms with Gasteiger partial charge >= 0.3 is 0 Å². The van der Waals surface area contributed by atoms with E-state index in [1.807, 2.05) is 0 Å². The Kier molecular flexibility index (Phi) is 2.83. The van der Waals surface area contributed by atoms with Crippen molar-refractivity contribution in [1.29, 1.82) is 0 Å². The lowest BCUT2D eigenvalue weighted by Gasteiger charge is -2.22. The highest BCUT2D eigenvalue weighted by atomic mass is 14.9. The van der Waals surface area contributed by atoms with Gasteiger partial charge in [0.1, 0.15) is 0 Å². The number of nitrogens with one attached hydrogen (secondary N) is 1. The number of benzene rings is 2. The lowest BCUT2D eigenvalue weighted by Crippen LogP contribution is -2.06. The maximum Gasteiger partial charge on any atom is 0.0419 e. The Morgan fingerprint density at radius 1 is 0.889 bits per heavy atom. The summed E-state index contributed by atoms with van der Waals surface area (Å²) in [5.41, 5.74) is 5.40. The molecule has 2 aromatic rings. The smallest absolute Gasteiger partial charge is 0.0419 e. The van der Waals surface area contributed by atoms with Gasteiger partial charge < -0.3 is 5.32 Å². The summed E-state index contributed by atoms with van der Waals surface area (Å²) in [6.07, 6.45) is 1.17. The topological polar surface area (TPSA) is 12.0 Å². The molecule has 0 fully saturated rings. The Morgan fingerprint density at radius 2 is 1.44 bits per heavy atom. The molecule has 1 aliphatic rings. The molecule has 18 heavy (non-hydrogen) atoms. The molecule has 1 aliphatic heterocycles. The van der Waals surface area contributed by atoms with Crippen molar-refractivity contribution in [2.45, 2.75) is 32.1 Å². The third kappa shape index (κ3) is 1.71. The van der Waals surface area contributed by atoms with E-state index < -0.39 is 0 Å². The first-order valence-electron chi connectivity index (χ1n) is 6.76. The summed E-state index contributed by atoms with van der Waals surface area (Å²) in [6.45, 7) is 4.63. The molecule has 0 bridgehead atoms. The minimum Gasteiger partial charge on any atom is -0.355 e. The number of hydrogen-bond donors (Lipinski definition) is 1. The molecule has 92 valence electrons. The molecule has 0 aromatic heterocycles. The van der Waals surface area contributed by atoms with Gasteiger partial charge in [-0.2, -0.15) is 0 Å². The number of rotatable bonds is 1. The van der Waals surface area contributed by atoms with Gasteiger partial charge in [0.05, 0.1) is 0 Å². The average Bonchev–Trinajstić information content (AvgIpc) is 2.53. The summed E-state index contributed by atoms with van der Waals surface area (Å²) in [7, 11) is 0. The van der Waals surface area contributed by atoms with E-state index in [1.165, 1.54) is 28.9 Å². The van der Waals surface area contributed by atoms with Gasteiger partial charge in [0.15, 0.2) is 0 Å². The predicted molar refractivity (Wildman–Crippen MR) is 77.6 cm³/mol. The van der Waals surface area contributed by atoms with E-state index in [2.05, 4.69) is 67.7 Å². The zero-order valence-corrected chi connectivity index (χ0v) is 11.0.